The van der Waals surface area contributed by atoms with E-state index in [0.717, 1.165) is 6.54 Å². The van der Waals surface area contributed by atoms with Gasteiger partial charge in [0.25, 0.3) is 0 Å². The van der Waals surface area contributed by atoms with Crippen molar-refractivity contribution in [1.29, 1.82) is 0 Å². The zero-order valence-electron chi connectivity index (χ0n) is 9.25. The third kappa shape index (κ3) is 7.97. The van der Waals surface area contributed by atoms with Gasteiger partial charge in [-0.15, -0.1) is 0 Å². The first-order chi connectivity index (χ1) is 6.54. The van der Waals surface area contributed by atoms with Gasteiger partial charge in [-0.05, 0) is 21.0 Å². The first-order valence-corrected chi connectivity index (χ1v) is 4.80. The Morgan fingerprint density at radius 3 is 2.64 bits per heavy atom. The van der Waals surface area contributed by atoms with E-state index in [4.69, 9.17) is 10.5 Å². The summed E-state index contributed by atoms with van der Waals surface area (Å²) in [5.41, 5.74) is 5.36. The third-order valence-electron chi connectivity index (χ3n) is 1.64. The number of hydrogen-bond donors (Lipinski definition) is 2. The number of likely N-dealkylation sites (N-methyl/N-ethyl adjacent to an activating group) is 1. The van der Waals surface area contributed by atoms with Crippen molar-refractivity contribution in [3.63, 3.8) is 0 Å². The monoisotopic (exact) mass is 203 g/mol. The molecule has 14 heavy (non-hydrogen) atoms. The first kappa shape index (κ1) is 13.4. The van der Waals surface area contributed by atoms with Gasteiger partial charge in [0.2, 0.25) is 5.91 Å². The van der Waals surface area contributed by atoms with Crippen molar-refractivity contribution in [2.24, 2.45) is 5.73 Å². The van der Waals surface area contributed by atoms with Crippen LogP contribution >= 0.6 is 0 Å². The minimum atomic E-state index is -0.447. The van der Waals surface area contributed by atoms with E-state index in [1.165, 1.54) is 0 Å². The van der Waals surface area contributed by atoms with E-state index in [-0.39, 0.29) is 5.91 Å². The van der Waals surface area contributed by atoms with E-state index in [1.807, 2.05) is 19.0 Å². The highest BCUT2D eigenvalue weighted by Crippen LogP contribution is 1.79. The van der Waals surface area contributed by atoms with Gasteiger partial charge < -0.3 is 20.7 Å². The molecular weight excluding hydrogens is 182 g/mol. The molecule has 0 bridgehead atoms. The maximum Gasteiger partial charge on any atom is 0.236 e. The fourth-order valence-electron chi connectivity index (χ4n) is 0.757. The Morgan fingerprint density at radius 2 is 2.14 bits per heavy atom. The molecule has 3 N–H and O–H groups in total. The molecule has 0 aromatic rings. The van der Waals surface area contributed by atoms with Crippen molar-refractivity contribution >= 4 is 5.91 Å². The Bertz CT molecular complexity index is 160. The quantitative estimate of drug-likeness (QED) is 0.522. The van der Waals surface area contributed by atoms with Crippen molar-refractivity contribution in [3.05, 3.63) is 0 Å². The summed E-state index contributed by atoms with van der Waals surface area (Å²) in [4.78, 5) is 13.0. The molecule has 0 radical (unpaired) electrons. The molecule has 0 heterocycles. The van der Waals surface area contributed by atoms with Gasteiger partial charge in [0.1, 0.15) is 0 Å². The highest BCUT2D eigenvalue weighted by Gasteiger charge is 2.04. The summed E-state index contributed by atoms with van der Waals surface area (Å²) in [6.45, 7) is 4.28. The Balaban J connectivity index is 3.18. The number of carbonyl (C=O) groups is 1. The van der Waals surface area contributed by atoms with Gasteiger partial charge in [-0.3, -0.25) is 4.79 Å². The largest absolute Gasteiger partial charge is 0.378 e. The molecule has 0 saturated carbocycles. The molecule has 1 amide bonds. The van der Waals surface area contributed by atoms with Gasteiger partial charge in [0.15, 0.2) is 0 Å². The maximum atomic E-state index is 11.0. The molecule has 0 aliphatic heterocycles. The van der Waals surface area contributed by atoms with Crippen LogP contribution in [-0.2, 0) is 9.53 Å². The molecule has 1 atom stereocenters. The van der Waals surface area contributed by atoms with Crippen LogP contribution in [-0.4, -0.2) is 57.2 Å². The topological polar surface area (TPSA) is 67.6 Å². The highest BCUT2D eigenvalue weighted by atomic mass is 16.5. The molecule has 5 heteroatoms. The van der Waals surface area contributed by atoms with Crippen molar-refractivity contribution in [1.82, 2.24) is 10.2 Å². The molecule has 5 nitrogen and oxygen atoms in total. The Morgan fingerprint density at radius 1 is 1.50 bits per heavy atom. The van der Waals surface area contributed by atoms with E-state index in [2.05, 4.69) is 5.32 Å². The molecule has 0 aliphatic carbocycles. The maximum absolute atomic E-state index is 11.0. The van der Waals surface area contributed by atoms with Gasteiger partial charge in [0, 0.05) is 13.1 Å². The van der Waals surface area contributed by atoms with Gasteiger partial charge in [-0.2, -0.15) is 0 Å². The standard InChI is InChI=1S/C9H21N3O2/c1-8(10)9(13)11-4-6-14-7-5-12(2)3/h8H,4-7,10H2,1-3H3,(H,11,13)/t8-/m0/s1. The first-order valence-electron chi connectivity index (χ1n) is 4.80. The summed E-state index contributed by atoms with van der Waals surface area (Å²) >= 11 is 0. The van der Waals surface area contributed by atoms with E-state index in [1.54, 1.807) is 6.92 Å². The van der Waals surface area contributed by atoms with Crippen LogP contribution in [0, 0.1) is 0 Å². The lowest BCUT2D eigenvalue weighted by atomic mass is 10.3. The number of carbonyl (C=O) groups excluding carboxylic acids is 1. The predicted octanol–water partition coefficient (Wildman–Crippen LogP) is -0.972. The second-order valence-electron chi connectivity index (χ2n) is 3.50. The highest BCUT2D eigenvalue weighted by molar-refractivity contribution is 5.80. The van der Waals surface area contributed by atoms with Crippen LogP contribution in [0.5, 0.6) is 0 Å². The average Bonchev–Trinajstić information content (AvgIpc) is 2.09. The number of nitrogens with zero attached hydrogens (tertiary/aromatic N) is 1. The number of nitrogens with two attached hydrogens (primary N) is 1. The van der Waals surface area contributed by atoms with Crippen molar-refractivity contribution in [2.75, 3.05) is 40.4 Å². The number of amides is 1. The number of ether oxygens (including phenoxy) is 1. The summed E-state index contributed by atoms with van der Waals surface area (Å²) in [6, 6.07) is -0.447. The molecular formula is C9H21N3O2. The van der Waals surface area contributed by atoms with Crippen molar-refractivity contribution in [2.45, 2.75) is 13.0 Å². The minimum Gasteiger partial charge on any atom is -0.378 e. The van der Waals surface area contributed by atoms with E-state index >= 15 is 0 Å². The SMILES string of the molecule is C[C@H](N)C(=O)NCCOCCN(C)C. The Kier molecular flexibility index (Phi) is 7.37. The molecule has 0 spiro atoms. The molecule has 0 aromatic heterocycles. The van der Waals surface area contributed by atoms with Gasteiger partial charge in [-0.25, -0.2) is 0 Å². The van der Waals surface area contributed by atoms with Crippen LogP contribution < -0.4 is 11.1 Å². The third-order valence-corrected chi connectivity index (χ3v) is 1.64. The van der Waals surface area contributed by atoms with Crippen LogP contribution in [0.3, 0.4) is 0 Å². The van der Waals surface area contributed by atoms with Crippen molar-refractivity contribution in [3.8, 4) is 0 Å². The lowest BCUT2D eigenvalue weighted by Gasteiger charge is -2.10. The molecule has 0 aliphatic rings. The number of rotatable bonds is 7. The molecule has 0 saturated heterocycles. The number of nitrogens with one attached hydrogen (secondary N) is 1. The van der Waals surface area contributed by atoms with E-state index in [9.17, 15) is 4.79 Å². The summed E-state index contributed by atoms with van der Waals surface area (Å²) < 4.78 is 5.28. The van der Waals surface area contributed by atoms with E-state index < -0.39 is 6.04 Å². The van der Waals surface area contributed by atoms with Crippen molar-refractivity contribution < 1.29 is 9.53 Å². The van der Waals surface area contributed by atoms with Crippen LogP contribution in [0.1, 0.15) is 6.92 Å². The molecule has 0 aromatic carbocycles. The zero-order chi connectivity index (χ0) is 11.0. The van der Waals surface area contributed by atoms with Gasteiger partial charge in [0.05, 0.1) is 19.3 Å². The van der Waals surface area contributed by atoms with E-state index in [0.29, 0.717) is 19.8 Å². The molecule has 84 valence electrons. The molecule has 0 unspecified atom stereocenters. The van der Waals surface area contributed by atoms with Gasteiger partial charge in [-0.1, -0.05) is 0 Å². The Labute approximate surface area is 85.6 Å². The lowest BCUT2D eigenvalue weighted by Crippen LogP contribution is -2.39. The normalized spacial score (nSPS) is 12.9. The number of hydrogen-bond acceptors (Lipinski definition) is 4. The summed E-state index contributed by atoms with van der Waals surface area (Å²) in [5.74, 6) is -0.138. The smallest absolute Gasteiger partial charge is 0.236 e. The predicted molar refractivity (Wildman–Crippen MR) is 56.0 cm³/mol. The lowest BCUT2D eigenvalue weighted by molar-refractivity contribution is -0.122. The summed E-state index contributed by atoms with van der Waals surface area (Å²) in [7, 11) is 3.97. The second kappa shape index (κ2) is 7.73. The van der Waals surface area contributed by atoms with Crippen LogP contribution in [0.25, 0.3) is 0 Å². The minimum absolute atomic E-state index is 0.138. The summed E-state index contributed by atoms with van der Waals surface area (Å²) in [6.07, 6.45) is 0. The Hall–Kier alpha value is -0.650. The van der Waals surface area contributed by atoms with Crippen LogP contribution in [0.4, 0.5) is 0 Å². The zero-order valence-corrected chi connectivity index (χ0v) is 9.25. The fourth-order valence-corrected chi connectivity index (χ4v) is 0.757. The average molecular weight is 203 g/mol. The van der Waals surface area contributed by atoms with Crippen LogP contribution in [0.15, 0.2) is 0 Å². The molecule has 0 fully saturated rings. The molecule has 0 rings (SSSR count). The fraction of sp³-hybridized carbons (Fsp3) is 0.889. The summed E-state index contributed by atoms with van der Waals surface area (Å²) in [5, 5.41) is 2.67. The van der Waals surface area contributed by atoms with Crippen LogP contribution in [0.2, 0.25) is 0 Å². The second-order valence-corrected chi connectivity index (χ2v) is 3.50. The van der Waals surface area contributed by atoms with Gasteiger partial charge >= 0.3 is 0 Å².